The standard InChI is InChI=1S/C15H18BrCl2NO/c16-12-4-2-1-3-11(12)9-19-15(20)8-10-5-6-13(17)14(18)7-10/h5-7,11-12H,1-4,8-9H2,(H,19,20). The van der Waals surface area contributed by atoms with Crippen molar-refractivity contribution in [2.24, 2.45) is 5.92 Å². The first kappa shape index (κ1) is 16.1. The van der Waals surface area contributed by atoms with Crippen LogP contribution in [0.15, 0.2) is 18.2 Å². The summed E-state index contributed by atoms with van der Waals surface area (Å²) in [5.74, 6) is 0.579. The predicted octanol–water partition coefficient (Wildman–Crippen LogP) is 4.61. The van der Waals surface area contributed by atoms with Crippen LogP contribution in [0.25, 0.3) is 0 Å². The van der Waals surface area contributed by atoms with Crippen LogP contribution >= 0.6 is 39.1 Å². The number of carbonyl (C=O) groups excluding carboxylic acids is 1. The maximum absolute atomic E-state index is 12.0. The molecular weight excluding hydrogens is 361 g/mol. The molecule has 1 saturated carbocycles. The van der Waals surface area contributed by atoms with Crippen molar-refractivity contribution in [2.75, 3.05) is 6.54 Å². The molecule has 110 valence electrons. The smallest absolute Gasteiger partial charge is 0.224 e. The Morgan fingerprint density at radius 2 is 2.00 bits per heavy atom. The van der Waals surface area contributed by atoms with Crippen LogP contribution in [-0.4, -0.2) is 17.3 Å². The molecule has 1 fully saturated rings. The lowest BCUT2D eigenvalue weighted by atomic mass is 9.89. The van der Waals surface area contributed by atoms with Gasteiger partial charge in [-0.05, 0) is 36.5 Å². The average Bonchev–Trinajstić information content (AvgIpc) is 2.42. The first-order valence-electron chi connectivity index (χ1n) is 6.91. The Hall–Kier alpha value is -0.250. The lowest BCUT2D eigenvalue weighted by Crippen LogP contribution is -2.35. The summed E-state index contributed by atoms with van der Waals surface area (Å²) in [7, 11) is 0. The van der Waals surface area contributed by atoms with Crippen LogP contribution < -0.4 is 5.32 Å². The van der Waals surface area contributed by atoms with Crippen LogP contribution in [0.2, 0.25) is 10.0 Å². The van der Waals surface area contributed by atoms with Gasteiger partial charge in [-0.2, -0.15) is 0 Å². The highest BCUT2D eigenvalue weighted by Crippen LogP contribution is 2.29. The summed E-state index contributed by atoms with van der Waals surface area (Å²) in [5, 5.41) is 4.02. The van der Waals surface area contributed by atoms with Gasteiger partial charge in [0, 0.05) is 11.4 Å². The van der Waals surface area contributed by atoms with E-state index in [0.717, 1.165) is 12.1 Å². The van der Waals surface area contributed by atoms with Gasteiger partial charge in [0.1, 0.15) is 0 Å². The SMILES string of the molecule is O=C(Cc1ccc(Cl)c(Cl)c1)NCC1CCCCC1Br. The molecule has 0 heterocycles. The van der Waals surface area contributed by atoms with Crippen molar-refractivity contribution in [3.05, 3.63) is 33.8 Å². The van der Waals surface area contributed by atoms with Crippen molar-refractivity contribution in [1.82, 2.24) is 5.32 Å². The molecule has 0 saturated heterocycles. The van der Waals surface area contributed by atoms with Crippen molar-refractivity contribution in [2.45, 2.75) is 36.9 Å². The van der Waals surface area contributed by atoms with E-state index in [9.17, 15) is 4.79 Å². The van der Waals surface area contributed by atoms with Crippen molar-refractivity contribution < 1.29 is 4.79 Å². The fourth-order valence-corrected chi connectivity index (χ4v) is 3.63. The summed E-state index contributed by atoms with van der Waals surface area (Å²) < 4.78 is 0. The Balaban J connectivity index is 1.81. The number of nitrogens with one attached hydrogen (secondary N) is 1. The summed E-state index contributed by atoms with van der Waals surface area (Å²) in [5.41, 5.74) is 0.885. The summed E-state index contributed by atoms with van der Waals surface area (Å²) in [4.78, 5) is 12.5. The molecule has 1 aliphatic carbocycles. The molecule has 0 aromatic heterocycles. The van der Waals surface area contributed by atoms with E-state index in [2.05, 4.69) is 21.2 Å². The normalized spacial score (nSPS) is 22.6. The van der Waals surface area contributed by atoms with Gasteiger partial charge in [-0.15, -0.1) is 0 Å². The van der Waals surface area contributed by atoms with E-state index in [-0.39, 0.29) is 5.91 Å². The quantitative estimate of drug-likeness (QED) is 0.761. The number of carbonyl (C=O) groups is 1. The molecule has 2 atom stereocenters. The van der Waals surface area contributed by atoms with E-state index < -0.39 is 0 Å². The maximum atomic E-state index is 12.0. The van der Waals surface area contributed by atoms with Gasteiger partial charge in [0.05, 0.1) is 16.5 Å². The van der Waals surface area contributed by atoms with Gasteiger partial charge in [0.15, 0.2) is 0 Å². The average molecular weight is 379 g/mol. The fourth-order valence-electron chi connectivity index (χ4n) is 2.53. The molecule has 1 aliphatic rings. The second-order valence-electron chi connectivity index (χ2n) is 5.29. The van der Waals surface area contributed by atoms with Crippen molar-refractivity contribution in [1.29, 1.82) is 0 Å². The zero-order valence-electron chi connectivity index (χ0n) is 11.2. The van der Waals surface area contributed by atoms with Crippen molar-refractivity contribution in [3.63, 3.8) is 0 Å². The van der Waals surface area contributed by atoms with E-state index in [1.807, 2.05) is 6.07 Å². The van der Waals surface area contributed by atoms with Crippen LogP contribution in [-0.2, 0) is 11.2 Å². The number of hydrogen-bond acceptors (Lipinski definition) is 1. The molecule has 2 unspecified atom stereocenters. The molecule has 0 radical (unpaired) electrons. The molecule has 1 amide bonds. The Labute approximate surface area is 138 Å². The number of halogens is 3. The second-order valence-corrected chi connectivity index (χ2v) is 7.28. The van der Waals surface area contributed by atoms with Gasteiger partial charge in [0.25, 0.3) is 0 Å². The first-order valence-corrected chi connectivity index (χ1v) is 8.58. The Morgan fingerprint density at radius 3 is 2.70 bits per heavy atom. The molecule has 1 aromatic carbocycles. The lowest BCUT2D eigenvalue weighted by molar-refractivity contribution is -0.120. The molecule has 0 aliphatic heterocycles. The zero-order valence-corrected chi connectivity index (χ0v) is 14.3. The van der Waals surface area contributed by atoms with Gasteiger partial charge in [-0.1, -0.05) is 58.0 Å². The van der Waals surface area contributed by atoms with Crippen LogP contribution in [0.3, 0.4) is 0 Å². The highest BCUT2D eigenvalue weighted by Gasteiger charge is 2.22. The monoisotopic (exact) mass is 377 g/mol. The first-order chi connectivity index (χ1) is 9.56. The largest absolute Gasteiger partial charge is 0.355 e. The number of rotatable bonds is 4. The van der Waals surface area contributed by atoms with E-state index in [0.29, 0.717) is 27.2 Å². The molecule has 1 N–H and O–H groups in total. The summed E-state index contributed by atoms with van der Waals surface area (Å²) >= 11 is 15.5. The van der Waals surface area contributed by atoms with Crippen LogP contribution in [0.4, 0.5) is 0 Å². The van der Waals surface area contributed by atoms with Crippen LogP contribution in [0.1, 0.15) is 31.2 Å². The number of alkyl halides is 1. The maximum Gasteiger partial charge on any atom is 0.224 e. The summed E-state index contributed by atoms with van der Waals surface area (Å²) in [6.45, 7) is 0.746. The minimum absolute atomic E-state index is 0.0358. The van der Waals surface area contributed by atoms with Crippen molar-refractivity contribution in [3.8, 4) is 0 Å². The van der Waals surface area contributed by atoms with E-state index in [1.54, 1.807) is 12.1 Å². The number of hydrogen-bond donors (Lipinski definition) is 1. The minimum atomic E-state index is 0.0358. The van der Waals surface area contributed by atoms with Crippen molar-refractivity contribution >= 4 is 45.0 Å². The lowest BCUT2D eigenvalue weighted by Gasteiger charge is -2.27. The van der Waals surface area contributed by atoms with Gasteiger partial charge >= 0.3 is 0 Å². The molecule has 1 aromatic rings. The molecule has 2 rings (SSSR count). The van der Waals surface area contributed by atoms with Gasteiger partial charge in [0.2, 0.25) is 5.91 Å². The predicted molar refractivity (Wildman–Crippen MR) is 87.8 cm³/mol. The minimum Gasteiger partial charge on any atom is -0.355 e. The number of benzene rings is 1. The second kappa shape index (κ2) is 7.67. The topological polar surface area (TPSA) is 29.1 Å². The Kier molecular flexibility index (Phi) is 6.19. The summed E-state index contributed by atoms with van der Waals surface area (Å²) in [6.07, 6.45) is 5.27. The third-order valence-corrected chi connectivity index (χ3v) is 5.67. The zero-order chi connectivity index (χ0) is 14.5. The highest BCUT2D eigenvalue weighted by molar-refractivity contribution is 9.09. The van der Waals surface area contributed by atoms with E-state index in [4.69, 9.17) is 23.2 Å². The number of amides is 1. The highest BCUT2D eigenvalue weighted by atomic mass is 79.9. The van der Waals surface area contributed by atoms with E-state index >= 15 is 0 Å². The fraction of sp³-hybridized carbons (Fsp3) is 0.533. The Morgan fingerprint density at radius 1 is 1.25 bits per heavy atom. The molecule has 20 heavy (non-hydrogen) atoms. The molecule has 5 heteroatoms. The van der Waals surface area contributed by atoms with Crippen LogP contribution in [0, 0.1) is 5.92 Å². The molecule has 2 nitrogen and oxygen atoms in total. The summed E-state index contributed by atoms with van der Waals surface area (Å²) in [6, 6.07) is 5.31. The van der Waals surface area contributed by atoms with Gasteiger partial charge in [-0.3, -0.25) is 4.79 Å². The molecular formula is C15H18BrCl2NO. The van der Waals surface area contributed by atoms with Gasteiger partial charge < -0.3 is 5.32 Å². The molecule has 0 spiro atoms. The third kappa shape index (κ3) is 4.64. The van der Waals surface area contributed by atoms with E-state index in [1.165, 1.54) is 25.7 Å². The Bertz CT molecular complexity index is 481. The third-order valence-electron chi connectivity index (χ3n) is 3.73. The molecule has 0 bridgehead atoms. The van der Waals surface area contributed by atoms with Crippen LogP contribution in [0.5, 0.6) is 0 Å². The van der Waals surface area contributed by atoms with Gasteiger partial charge in [-0.25, -0.2) is 0 Å².